The molecule has 12 heteroatoms. The Hall–Kier alpha value is -2.80. The van der Waals surface area contributed by atoms with Crippen molar-refractivity contribution < 1.29 is 43.3 Å². The van der Waals surface area contributed by atoms with Crippen LogP contribution >= 0.6 is 0 Å². The van der Waals surface area contributed by atoms with E-state index in [2.05, 4.69) is 52.4 Å². The fraction of sp³-hybridized carbons (Fsp3) is 0.860. The summed E-state index contributed by atoms with van der Waals surface area (Å²) in [5.41, 5.74) is 0. The molecule has 0 bridgehead atoms. The molecule has 69 heavy (non-hydrogen) atoms. The smallest absolute Gasteiger partial charge is 0.362 e. The van der Waals surface area contributed by atoms with Crippen molar-refractivity contribution in [1.29, 1.82) is 0 Å². The number of ether oxygens (including phenoxy) is 2. The van der Waals surface area contributed by atoms with Crippen LogP contribution in [0.4, 0.5) is 0 Å². The first-order valence-electron chi connectivity index (χ1n) is 28.4. The van der Waals surface area contributed by atoms with E-state index >= 15 is 0 Å². The Morgan fingerprint density at radius 1 is 0.507 bits per heavy atom. The third-order valence-corrected chi connectivity index (χ3v) is 13.1. The van der Waals surface area contributed by atoms with Gasteiger partial charge in [-0.3, -0.25) is 19.3 Å². The van der Waals surface area contributed by atoms with E-state index in [4.69, 9.17) is 9.47 Å². The second kappa shape index (κ2) is 46.3. The highest BCUT2D eigenvalue weighted by Gasteiger charge is 2.27. The standard InChI is InChI=1S/C57H108N4O8/c1-8-12-16-18-20-22-24-25-27-29-37-45-60(5)47-56(66)68-52(41-31-14-10-3)50(62)39-33-35-43-54(64)58-49-59-55(65)44-36-34-40-51(63)53(42-32-15-11-4)69-57(67)48-61(6,7)46-38-30-28-26-23-21-19-17-13-9-2/h33-36,50-53,62-63H,8-32,37-49H2,1-7H3,(H-,58,59,64,65)/p+1. The van der Waals surface area contributed by atoms with E-state index in [-0.39, 0.29) is 69.2 Å². The average Bonchev–Trinajstić information content (AvgIpc) is 3.30. The molecular weight excluding hydrogens is 869 g/mol. The van der Waals surface area contributed by atoms with Gasteiger partial charge in [-0.25, -0.2) is 4.79 Å². The van der Waals surface area contributed by atoms with Crippen LogP contribution in [-0.4, -0.2) is 122 Å². The van der Waals surface area contributed by atoms with Crippen LogP contribution in [0.2, 0.25) is 0 Å². The molecule has 12 nitrogen and oxygen atoms in total. The number of esters is 2. The van der Waals surface area contributed by atoms with Gasteiger partial charge in [-0.1, -0.05) is 193 Å². The van der Waals surface area contributed by atoms with Gasteiger partial charge in [-0.15, -0.1) is 0 Å². The number of unbranched alkanes of at least 4 members (excludes halogenated alkanes) is 23. The quantitative estimate of drug-likeness (QED) is 0.0153. The van der Waals surface area contributed by atoms with Crippen molar-refractivity contribution in [1.82, 2.24) is 15.5 Å². The minimum Gasteiger partial charge on any atom is -0.459 e. The van der Waals surface area contributed by atoms with Gasteiger partial charge in [0.25, 0.3) is 0 Å². The van der Waals surface area contributed by atoms with Crippen LogP contribution in [-0.2, 0) is 28.7 Å². The van der Waals surface area contributed by atoms with E-state index in [0.29, 0.717) is 17.3 Å². The van der Waals surface area contributed by atoms with Crippen molar-refractivity contribution in [2.24, 2.45) is 0 Å². The summed E-state index contributed by atoms with van der Waals surface area (Å²) in [6, 6.07) is 0. The summed E-state index contributed by atoms with van der Waals surface area (Å²) in [5, 5.41) is 27.4. The molecule has 2 amide bonds. The summed E-state index contributed by atoms with van der Waals surface area (Å²) in [4.78, 5) is 52.9. The SMILES string of the molecule is CCCCCCCCCCCCCN(C)CC(=O)OC(CCCCC)C(O)CC=CCC(=O)NCNC(=O)CC=CCC(O)C(CCCCC)OC(=O)C[N+](C)(C)CCCCCCCCCCCC. The van der Waals surface area contributed by atoms with Crippen molar-refractivity contribution in [3.05, 3.63) is 24.3 Å². The predicted molar refractivity (Wildman–Crippen MR) is 286 cm³/mol. The molecule has 0 saturated carbocycles. The Morgan fingerprint density at radius 2 is 0.870 bits per heavy atom. The zero-order valence-corrected chi connectivity index (χ0v) is 45.7. The second-order valence-electron chi connectivity index (χ2n) is 20.7. The molecule has 0 radical (unpaired) electrons. The molecule has 4 atom stereocenters. The first-order chi connectivity index (χ1) is 33.3. The van der Waals surface area contributed by atoms with E-state index in [1.165, 1.54) is 116 Å². The Bertz CT molecular complexity index is 1310. The van der Waals surface area contributed by atoms with Gasteiger partial charge in [-0.05, 0) is 71.4 Å². The number of nitrogens with one attached hydrogen (secondary N) is 2. The highest BCUT2D eigenvalue weighted by molar-refractivity contribution is 5.80. The normalized spacial score (nSPS) is 13.8. The number of amides is 2. The largest absolute Gasteiger partial charge is 0.459 e. The van der Waals surface area contributed by atoms with Crippen LogP contribution in [0.15, 0.2) is 24.3 Å². The number of likely N-dealkylation sites (N-methyl/N-ethyl adjacent to an activating group) is 2. The number of aliphatic hydroxyl groups is 2. The summed E-state index contributed by atoms with van der Waals surface area (Å²) < 4.78 is 12.2. The molecule has 4 N–H and O–H groups in total. The van der Waals surface area contributed by atoms with E-state index in [1.807, 2.05) is 11.9 Å². The van der Waals surface area contributed by atoms with Gasteiger partial charge < -0.3 is 34.8 Å². The van der Waals surface area contributed by atoms with Gasteiger partial charge in [0, 0.05) is 12.8 Å². The van der Waals surface area contributed by atoms with E-state index in [1.54, 1.807) is 24.3 Å². The van der Waals surface area contributed by atoms with E-state index in [9.17, 15) is 29.4 Å². The highest BCUT2D eigenvalue weighted by atomic mass is 16.6. The fourth-order valence-electron chi connectivity index (χ4n) is 8.61. The van der Waals surface area contributed by atoms with Gasteiger partial charge in [0.15, 0.2) is 6.54 Å². The molecule has 0 saturated heterocycles. The molecule has 0 spiro atoms. The molecule has 0 aromatic rings. The van der Waals surface area contributed by atoms with Crippen molar-refractivity contribution >= 4 is 23.8 Å². The molecule has 0 aliphatic carbocycles. The summed E-state index contributed by atoms with van der Waals surface area (Å²) in [7, 11) is 6.07. The molecule has 0 rings (SSSR count). The van der Waals surface area contributed by atoms with E-state index < -0.39 is 24.4 Å². The lowest BCUT2D eigenvalue weighted by atomic mass is 10.0. The second-order valence-corrected chi connectivity index (χ2v) is 20.7. The van der Waals surface area contributed by atoms with Crippen molar-refractivity contribution in [3.63, 3.8) is 0 Å². The molecule has 4 unspecified atom stereocenters. The van der Waals surface area contributed by atoms with Crippen LogP contribution in [0.25, 0.3) is 0 Å². The van der Waals surface area contributed by atoms with Crippen molar-refractivity contribution in [2.45, 2.75) is 264 Å². The number of carbonyl (C=O) groups is 4. The van der Waals surface area contributed by atoms with Gasteiger partial charge in [-0.2, -0.15) is 0 Å². The Balaban J connectivity index is 4.59. The van der Waals surface area contributed by atoms with Crippen molar-refractivity contribution in [2.75, 3.05) is 54.0 Å². The topological polar surface area (TPSA) is 154 Å². The average molecular weight is 979 g/mol. The van der Waals surface area contributed by atoms with Crippen molar-refractivity contribution in [3.8, 4) is 0 Å². The number of carbonyl (C=O) groups excluding carboxylic acids is 4. The molecule has 0 fully saturated rings. The lowest BCUT2D eigenvalue weighted by Gasteiger charge is -2.30. The van der Waals surface area contributed by atoms with Gasteiger partial charge >= 0.3 is 11.9 Å². The Labute approximate surface area is 423 Å². The predicted octanol–water partition coefficient (Wildman–Crippen LogP) is 11.8. The van der Waals surface area contributed by atoms with Crippen LogP contribution in [0, 0.1) is 0 Å². The van der Waals surface area contributed by atoms with Gasteiger partial charge in [0.2, 0.25) is 11.8 Å². The summed E-state index contributed by atoms with van der Waals surface area (Å²) in [6.45, 7) is 10.9. The fourth-order valence-corrected chi connectivity index (χ4v) is 8.61. The zero-order valence-electron chi connectivity index (χ0n) is 45.7. The Kier molecular flexibility index (Phi) is 44.4. The lowest BCUT2D eigenvalue weighted by Crippen LogP contribution is -2.46. The van der Waals surface area contributed by atoms with Crippen LogP contribution in [0.3, 0.4) is 0 Å². The lowest BCUT2D eigenvalue weighted by molar-refractivity contribution is -0.883. The number of rotatable bonds is 49. The zero-order chi connectivity index (χ0) is 51.2. The van der Waals surface area contributed by atoms with E-state index in [0.717, 1.165) is 70.9 Å². The molecule has 0 aromatic carbocycles. The number of hydrogen-bond acceptors (Lipinski definition) is 9. The first-order valence-corrected chi connectivity index (χ1v) is 28.4. The molecule has 404 valence electrons. The molecular formula is C57H109N4O8+. The van der Waals surface area contributed by atoms with Gasteiger partial charge in [0.05, 0.1) is 46.1 Å². The van der Waals surface area contributed by atoms with Crippen LogP contribution in [0.5, 0.6) is 0 Å². The molecule has 0 aromatic heterocycles. The number of hydrogen-bond donors (Lipinski definition) is 4. The third kappa shape index (κ3) is 42.6. The highest BCUT2D eigenvalue weighted by Crippen LogP contribution is 2.18. The maximum Gasteiger partial charge on any atom is 0.362 e. The third-order valence-electron chi connectivity index (χ3n) is 13.1. The molecule has 0 aliphatic heterocycles. The summed E-state index contributed by atoms with van der Waals surface area (Å²) in [6.07, 6.45) is 38.3. The number of quaternary nitrogens is 1. The van der Waals surface area contributed by atoms with Crippen LogP contribution in [0.1, 0.15) is 240 Å². The first kappa shape index (κ1) is 66.2. The van der Waals surface area contributed by atoms with Gasteiger partial charge in [0.1, 0.15) is 12.2 Å². The Morgan fingerprint density at radius 3 is 1.29 bits per heavy atom. The minimum atomic E-state index is -0.877. The molecule has 0 aliphatic rings. The maximum absolute atomic E-state index is 13.1. The van der Waals surface area contributed by atoms with Crippen LogP contribution < -0.4 is 10.6 Å². The molecule has 0 heterocycles. The monoisotopic (exact) mass is 978 g/mol. The summed E-state index contributed by atoms with van der Waals surface area (Å²) >= 11 is 0. The number of nitrogens with zero attached hydrogens (tertiary/aromatic N) is 2. The maximum atomic E-state index is 13.1. The summed E-state index contributed by atoms with van der Waals surface area (Å²) in [5.74, 6) is -1.18. The minimum absolute atomic E-state index is 0.0305. The number of aliphatic hydroxyl groups excluding tert-OH is 2.